The largest absolute Gasteiger partial charge is 0.465 e. The maximum absolute atomic E-state index is 14.2. The summed E-state index contributed by atoms with van der Waals surface area (Å²) in [6, 6.07) is 22.9. The van der Waals surface area contributed by atoms with Crippen molar-refractivity contribution in [3.8, 4) is 0 Å². The van der Waals surface area contributed by atoms with Gasteiger partial charge in [0.05, 0.1) is 30.1 Å². The first kappa shape index (κ1) is 27.0. The van der Waals surface area contributed by atoms with Crippen molar-refractivity contribution in [1.29, 1.82) is 0 Å². The molecule has 41 heavy (non-hydrogen) atoms. The number of anilines is 2. The van der Waals surface area contributed by atoms with E-state index in [1.165, 1.54) is 12.7 Å². The summed E-state index contributed by atoms with van der Waals surface area (Å²) in [5.74, 6) is -0.378. The van der Waals surface area contributed by atoms with Gasteiger partial charge in [-0.15, -0.1) is 0 Å². The van der Waals surface area contributed by atoms with Gasteiger partial charge in [0.2, 0.25) is 5.91 Å². The number of benzene rings is 3. The number of nitrogens with zero attached hydrogens (tertiary/aromatic N) is 1. The van der Waals surface area contributed by atoms with Crippen molar-refractivity contribution in [2.45, 2.75) is 63.8 Å². The molecule has 0 saturated heterocycles. The minimum atomic E-state index is -0.599. The molecule has 0 bridgehead atoms. The zero-order valence-corrected chi connectivity index (χ0v) is 24.1. The summed E-state index contributed by atoms with van der Waals surface area (Å²) in [6.45, 7) is 6.59. The maximum Gasteiger partial charge on any atom is 0.337 e. The summed E-state index contributed by atoms with van der Waals surface area (Å²) in [5.41, 5.74) is 6.73. The molecule has 0 aromatic heterocycles. The van der Waals surface area contributed by atoms with E-state index in [0.29, 0.717) is 24.0 Å². The Morgan fingerprint density at radius 1 is 0.878 bits per heavy atom. The Hall–Kier alpha value is -4.19. The quantitative estimate of drug-likeness (QED) is 0.353. The molecule has 3 aliphatic rings. The lowest BCUT2D eigenvalue weighted by Crippen LogP contribution is -2.39. The molecular formula is C35H36N2O4. The number of hydrogen-bond donors (Lipinski definition) is 1. The number of carbonyl (C=O) groups excluding carboxylic acids is 3. The number of para-hydroxylation sites is 2. The van der Waals surface area contributed by atoms with Crippen LogP contribution in [-0.4, -0.2) is 24.8 Å². The normalized spacial score (nSPS) is 20.5. The molecule has 2 aliphatic carbocycles. The highest BCUT2D eigenvalue weighted by Crippen LogP contribution is 2.49. The second-order valence-corrected chi connectivity index (χ2v) is 12.4. The van der Waals surface area contributed by atoms with E-state index in [0.717, 1.165) is 41.0 Å². The van der Waals surface area contributed by atoms with Crippen LogP contribution in [0.4, 0.5) is 11.4 Å². The highest BCUT2D eigenvalue weighted by Gasteiger charge is 2.45. The number of ketones is 1. The van der Waals surface area contributed by atoms with Gasteiger partial charge in [0, 0.05) is 23.6 Å². The van der Waals surface area contributed by atoms with E-state index in [9.17, 15) is 14.4 Å². The third-order valence-electron chi connectivity index (χ3n) is 8.55. The zero-order chi connectivity index (χ0) is 28.9. The molecule has 1 heterocycles. The Bertz CT molecular complexity index is 1540. The van der Waals surface area contributed by atoms with Crippen LogP contribution >= 0.6 is 0 Å². The predicted octanol–water partition coefficient (Wildman–Crippen LogP) is 7.08. The SMILES string of the molecule is COC(=O)c1ccc([C@H]2C3=C(C[C@@H](c4ccc(C(C)(C)C)cc4)CC3=O)Nc3ccccc3N2C(=O)C2CC2)cc1. The summed E-state index contributed by atoms with van der Waals surface area (Å²) in [7, 11) is 1.35. The number of amides is 1. The Morgan fingerprint density at radius 2 is 1.54 bits per heavy atom. The van der Waals surface area contributed by atoms with Gasteiger partial charge in [-0.3, -0.25) is 14.5 Å². The number of Topliss-reactive ketones (excluding diaryl/α,β-unsaturated/α-hetero) is 1. The van der Waals surface area contributed by atoms with Crippen LogP contribution in [0.5, 0.6) is 0 Å². The summed E-state index contributed by atoms with van der Waals surface area (Å²) in [4.78, 5) is 42.1. The number of hydrogen-bond acceptors (Lipinski definition) is 5. The average Bonchev–Trinajstić information content (AvgIpc) is 3.82. The fraction of sp³-hybridized carbons (Fsp3) is 0.343. The number of allylic oxidation sites excluding steroid dienone is 1. The standard InChI is InChI=1S/C35H36N2O4/c1-35(2,3)26-17-15-21(16-18-26)25-19-28-31(30(38)20-25)32(22-9-13-24(14-10-22)34(40)41-4)37(33(39)23-11-12-23)29-8-6-5-7-27(29)36-28/h5-10,13-18,23,25,32,36H,11-12,19-20H2,1-4H3/t25-,32+/m1/s1. The smallest absolute Gasteiger partial charge is 0.337 e. The van der Waals surface area contributed by atoms with Gasteiger partial charge in [-0.1, -0.05) is 69.3 Å². The Morgan fingerprint density at radius 3 is 2.17 bits per heavy atom. The number of fused-ring (bicyclic) bond motifs is 1. The van der Waals surface area contributed by atoms with Gasteiger partial charge < -0.3 is 10.1 Å². The molecule has 0 spiro atoms. The first-order chi connectivity index (χ1) is 19.7. The van der Waals surface area contributed by atoms with E-state index in [2.05, 4.69) is 50.4 Å². The summed E-state index contributed by atoms with van der Waals surface area (Å²) in [5, 5.41) is 3.60. The van der Waals surface area contributed by atoms with E-state index in [4.69, 9.17) is 4.74 Å². The summed E-state index contributed by atoms with van der Waals surface area (Å²) >= 11 is 0. The zero-order valence-electron chi connectivity index (χ0n) is 24.1. The Balaban J connectivity index is 1.47. The van der Waals surface area contributed by atoms with Crippen LogP contribution in [0.3, 0.4) is 0 Å². The fourth-order valence-corrected chi connectivity index (χ4v) is 6.09. The van der Waals surface area contributed by atoms with Gasteiger partial charge in [0.25, 0.3) is 0 Å². The highest BCUT2D eigenvalue weighted by molar-refractivity contribution is 6.07. The van der Waals surface area contributed by atoms with Crippen molar-refractivity contribution in [2.75, 3.05) is 17.3 Å². The van der Waals surface area contributed by atoms with Crippen molar-refractivity contribution >= 4 is 29.0 Å². The van der Waals surface area contributed by atoms with Crippen LogP contribution in [0.25, 0.3) is 0 Å². The molecule has 210 valence electrons. The van der Waals surface area contributed by atoms with Crippen molar-refractivity contribution in [3.05, 3.63) is 106 Å². The molecule has 6 nitrogen and oxygen atoms in total. The molecule has 1 aliphatic heterocycles. The van der Waals surface area contributed by atoms with Crippen LogP contribution in [0.15, 0.2) is 84.1 Å². The topological polar surface area (TPSA) is 75.7 Å². The van der Waals surface area contributed by atoms with E-state index in [1.807, 2.05) is 41.3 Å². The van der Waals surface area contributed by atoms with Crippen molar-refractivity contribution in [3.63, 3.8) is 0 Å². The molecule has 0 unspecified atom stereocenters. The molecule has 1 saturated carbocycles. The predicted molar refractivity (Wildman–Crippen MR) is 160 cm³/mol. The number of methoxy groups -OCH3 is 1. The van der Waals surface area contributed by atoms with E-state index in [-0.39, 0.29) is 28.9 Å². The van der Waals surface area contributed by atoms with Gasteiger partial charge in [-0.25, -0.2) is 4.79 Å². The molecule has 2 atom stereocenters. The maximum atomic E-state index is 14.2. The van der Waals surface area contributed by atoms with E-state index < -0.39 is 12.0 Å². The van der Waals surface area contributed by atoms with E-state index in [1.54, 1.807) is 12.1 Å². The third-order valence-corrected chi connectivity index (χ3v) is 8.55. The molecule has 0 radical (unpaired) electrons. The molecular weight excluding hydrogens is 512 g/mol. The molecule has 6 heteroatoms. The second kappa shape index (κ2) is 10.3. The van der Waals surface area contributed by atoms with E-state index >= 15 is 0 Å². The van der Waals surface area contributed by atoms with Gasteiger partial charge in [0.15, 0.2) is 5.78 Å². The van der Waals surface area contributed by atoms with Crippen LogP contribution < -0.4 is 10.2 Å². The Kier molecular flexibility index (Phi) is 6.80. The minimum Gasteiger partial charge on any atom is -0.465 e. The number of rotatable bonds is 4. The van der Waals surface area contributed by atoms with Crippen LogP contribution in [0, 0.1) is 5.92 Å². The molecule has 3 aromatic carbocycles. The van der Waals surface area contributed by atoms with Gasteiger partial charge >= 0.3 is 5.97 Å². The molecule has 6 rings (SSSR count). The number of esters is 1. The van der Waals surface area contributed by atoms with Crippen molar-refractivity contribution < 1.29 is 19.1 Å². The van der Waals surface area contributed by atoms with Gasteiger partial charge in [0.1, 0.15) is 0 Å². The van der Waals surface area contributed by atoms with Crippen molar-refractivity contribution in [1.82, 2.24) is 0 Å². The monoisotopic (exact) mass is 548 g/mol. The molecule has 1 fully saturated rings. The minimum absolute atomic E-state index is 0.0303. The van der Waals surface area contributed by atoms with Gasteiger partial charge in [-0.05, 0) is 71.6 Å². The van der Waals surface area contributed by atoms with Crippen LogP contribution in [0.1, 0.15) is 85.5 Å². The van der Waals surface area contributed by atoms with Crippen LogP contribution in [-0.2, 0) is 19.7 Å². The number of carbonyl (C=O) groups is 3. The molecule has 1 N–H and O–H groups in total. The summed E-state index contributed by atoms with van der Waals surface area (Å²) < 4.78 is 4.89. The van der Waals surface area contributed by atoms with Crippen LogP contribution in [0.2, 0.25) is 0 Å². The van der Waals surface area contributed by atoms with Gasteiger partial charge in [-0.2, -0.15) is 0 Å². The number of ether oxygens (including phenoxy) is 1. The fourth-order valence-electron chi connectivity index (χ4n) is 6.09. The first-order valence-electron chi connectivity index (χ1n) is 14.4. The highest BCUT2D eigenvalue weighted by atomic mass is 16.5. The third kappa shape index (κ3) is 5.08. The number of nitrogens with one attached hydrogen (secondary N) is 1. The lowest BCUT2D eigenvalue weighted by Gasteiger charge is -2.35. The molecule has 3 aromatic rings. The molecule has 1 amide bonds. The summed E-state index contributed by atoms with van der Waals surface area (Å²) in [6.07, 6.45) is 2.73. The lowest BCUT2D eigenvalue weighted by atomic mass is 9.77. The second-order valence-electron chi connectivity index (χ2n) is 12.4. The van der Waals surface area contributed by atoms with Crippen molar-refractivity contribution in [2.24, 2.45) is 5.92 Å². The average molecular weight is 549 g/mol. The first-order valence-corrected chi connectivity index (χ1v) is 14.4. The Labute approximate surface area is 241 Å². The lowest BCUT2D eigenvalue weighted by molar-refractivity contribution is -0.120.